The number of aliphatic hydroxyl groups excluding tert-OH is 1. The maximum Gasteiger partial charge on any atom is 0.135 e. The molecule has 106 valence electrons. The second-order valence-corrected chi connectivity index (χ2v) is 5.00. The summed E-state index contributed by atoms with van der Waals surface area (Å²) >= 11 is 0. The highest BCUT2D eigenvalue weighted by Gasteiger charge is 2.23. The van der Waals surface area contributed by atoms with Crippen LogP contribution in [-0.4, -0.2) is 5.11 Å². The van der Waals surface area contributed by atoms with Crippen molar-refractivity contribution in [2.75, 3.05) is 0 Å². The molecule has 0 bridgehead atoms. The first-order chi connectivity index (χ1) is 9.31. The van der Waals surface area contributed by atoms with E-state index in [1.165, 1.54) is 0 Å². The predicted octanol–water partition coefficient (Wildman–Crippen LogP) is 4.11. The van der Waals surface area contributed by atoms with Gasteiger partial charge in [-0.2, -0.15) is 0 Å². The van der Waals surface area contributed by atoms with Gasteiger partial charge in [0.1, 0.15) is 23.6 Å². The minimum atomic E-state index is -1.46. The van der Waals surface area contributed by atoms with Crippen LogP contribution in [0.4, 0.5) is 13.2 Å². The van der Waals surface area contributed by atoms with Crippen LogP contribution in [0, 0.1) is 38.2 Å². The molecule has 20 heavy (non-hydrogen) atoms. The Hall–Kier alpha value is -1.81. The average molecular weight is 280 g/mol. The summed E-state index contributed by atoms with van der Waals surface area (Å²) in [5.41, 5.74) is 2.38. The van der Waals surface area contributed by atoms with Crippen molar-refractivity contribution in [3.05, 3.63) is 69.5 Å². The lowest BCUT2D eigenvalue weighted by Gasteiger charge is -2.19. The topological polar surface area (TPSA) is 20.2 Å². The van der Waals surface area contributed by atoms with Gasteiger partial charge in [0.05, 0.1) is 5.56 Å². The van der Waals surface area contributed by atoms with Gasteiger partial charge in [0.15, 0.2) is 0 Å². The van der Waals surface area contributed by atoms with E-state index in [-0.39, 0.29) is 0 Å². The van der Waals surface area contributed by atoms with Gasteiger partial charge in [-0.05, 0) is 37.5 Å². The molecule has 0 fully saturated rings. The van der Waals surface area contributed by atoms with Crippen molar-refractivity contribution in [3.8, 4) is 0 Å². The van der Waals surface area contributed by atoms with Gasteiger partial charge >= 0.3 is 0 Å². The Morgan fingerprint density at radius 2 is 1.25 bits per heavy atom. The molecule has 1 unspecified atom stereocenters. The third kappa shape index (κ3) is 2.56. The minimum Gasteiger partial charge on any atom is -0.383 e. The molecule has 1 atom stereocenters. The zero-order chi connectivity index (χ0) is 15.0. The van der Waals surface area contributed by atoms with Crippen LogP contribution in [0.5, 0.6) is 0 Å². The van der Waals surface area contributed by atoms with Crippen LogP contribution in [0.15, 0.2) is 24.3 Å². The number of hydrogen-bond donors (Lipinski definition) is 1. The van der Waals surface area contributed by atoms with Crippen molar-refractivity contribution >= 4 is 0 Å². The van der Waals surface area contributed by atoms with Gasteiger partial charge in [0, 0.05) is 12.1 Å². The van der Waals surface area contributed by atoms with Crippen LogP contribution in [-0.2, 0) is 0 Å². The van der Waals surface area contributed by atoms with E-state index in [0.717, 1.165) is 16.7 Å². The highest BCUT2D eigenvalue weighted by molar-refractivity contribution is 5.43. The lowest BCUT2D eigenvalue weighted by atomic mass is 9.91. The summed E-state index contributed by atoms with van der Waals surface area (Å²) in [5.74, 6) is -3.18. The molecule has 2 aromatic carbocycles. The zero-order valence-electron chi connectivity index (χ0n) is 11.5. The lowest BCUT2D eigenvalue weighted by Crippen LogP contribution is -2.10. The summed E-state index contributed by atoms with van der Waals surface area (Å²) in [4.78, 5) is 0. The lowest BCUT2D eigenvalue weighted by molar-refractivity contribution is 0.207. The molecule has 0 saturated carbocycles. The van der Waals surface area contributed by atoms with Gasteiger partial charge in [0.25, 0.3) is 0 Å². The van der Waals surface area contributed by atoms with E-state index in [2.05, 4.69) is 0 Å². The van der Waals surface area contributed by atoms with Crippen molar-refractivity contribution in [2.45, 2.75) is 26.9 Å². The van der Waals surface area contributed by atoms with Gasteiger partial charge in [-0.25, -0.2) is 13.2 Å². The standard InChI is InChI=1S/C16H15F3O/c1-8-4-9(2)14(10(3)5-8)16(20)15-12(18)6-11(17)7-13(15)19/h4-7,16,20H,1-3H3. The van der Waals surface area contributed by atoms with Crippen LogP contribution in [0.1, 0.15) is 33.9 Å². The Bertz CT molecular complexity index is 561. The maximum atomic E-state index is 13.8. The largest absolute Gasteiger partial charge is 0.383 e. The molecular weight excluding hydrogens is 265 g/mol. The first-order valence-corrected chi connectivity index (χ1v) is 6.21. The third-order valence-electron chi connectivity index (χ3n) is 3.33. The average Bonchev–Trinajstić information content (AvgIpc) is 2.25. The number of aryl methyl sites for hydroxylation is 3. The molecule has 0 heterocycles. The highest BCUT2D eigenvalue weighted by atomic mass is 19.1. The van der Waals surface area contributed by atoms with Gasteiger partial charge in [-0.1, -0.05) is 17.7 Å². The van der Waals surface area contributed by atoms with Crippen LogP contribution >= 0.6 is 0 Å². The summed E-state index contributed by atoms with van der Waals surface area (Å²) in [7, 11) is 0. The summed E-state index contributed by atoms with van der Waals surface area (Å²) < 4.78 is 40.4. The van der Waals surface area contributed by atoms with Crippen LogP contribution < -0.4 is 0 Å². The van der Waals surface area contributed by atoms with Crippen molar-refractivity contribution in [3.63, 3.8) is 0 Å². The fourth-order valence-electron chi connectivity index (χ4n) is 2.58. The Morgan fingerprint density at radius 1 is 0.800 bits per heavy atom. The number of halogens is 3. The number of hydrogen-bond acceptors (Lipinski definition) is 1. The third-order valence-corrected chi connectivity index (χ3v) is 3.33. The molecule has 0 aliphatic rings. The monoisotopic (exact) mass is 280 g/mol. The fourth-order valence-corrected chi connectivity index (χ4v) is 2.58. The molecule has 0 aromatic heterocycles. The van der Waals surface area contributed by atoms with Crippen molar-refractivity contribution in [2.24, 2.45) is 0 Å². The fraction of sp³-hybridized carbons (Fsp3) is 0.250. The van der Waals surface area contributed by atoms with Gasteiger partial charge in [0.2, 0.25) is 0 Å². The zero-order valence-corrected chi connectivity index (χ0v) is 11.5. The Labute approximate surface area is 115 Å². The predicted molar refractivity (Wildman–Crippen MR) is 71.0 cm³/mol. The molecule has 1 N–H and O–H groups in total. The molecular formula is C16H15F3O. The quantitative estimate of drug-likeness (QED) is 0.877. The summed E-state index contributed by atoms with van der Waals surface area (Å²) in [6.45, 7) is 5.42. The summed E-state index contributed by atoms with van der Waals surface area (Å²) in [5, 5.41) is 10.3. The molecule has 4 heteroatoms. The SMILES string of the molecule is Cc1cc(C)c(C(O)c2c(F)cc(F)cc2F)c(C)c1. The minimum absolute atomic E-state index is 0.444. The molecule has 0 saturated heterocycles. The van der Waals surface area contributed by atoms with E-state index in [9.17, 15) is 18.3 Å². The molecule has 2 rings (SSSR count). The van der Waals surface area contributed by atoms with Crippen molar-refractivity contribution in [1.29, 1.82) is 0 Å². The highest BCUT2D eigenvalue weighted by Crippen LogP contribution is 2.32. The molecule has 0 aliphatic heterocycles. The molecule has 0 radical (unpaired) electrons. The molecule has 0 amide bonds. The molecule has 1 nitrogen and oxygen atoms in total. The van der Waals surface area contributed by atoms with Gasteiger partial charge < -0.3 is 5.11 Å². The van der Waals surface area contributed by atoms with Gasteiger partial charge in [-0.3, -0.25) is 0 Å². The first kappa shape index (κ1) is 14.6. The van der Waals surface area contributed by atoms with Gasteiger partial charge in [-0.15, -0.1) is 0 Å². The number of aliphatic hydroxyl groups is 1. The number of benzene rings is 2. The first-order valence-electron chi connectivity index (χ1n) is 6.21. The van der Waals surface area contributed by atoms with Crippen LogP contribution in [0.3, 0.4) is 0 Å². The van der Waals surface area contributed by atoms with E-state index >= 15 is 0 Å². The number of rotatable bonds is 2. The van der Waals surface area contributed by atoms with Crippen molar-refractivity contribution in [1.82, 2.24) is 0 Å². The molecule has 0 spiro atoms. The second kappa shape index (κ2) is 5.29. The van der Waals surface area contributed by atoms with E-state index in [4.69, 9.17) is 0 Å². The summed E-state index contributed by atoms with van der Waals surface area (Å²) in [6.07, 6.45) is -1.46. The Kier molecular flexibility index (Phi) is 3.86. The molecule has 2 aromatic rings. The van der Waals surface area contributed by atoms with E-state index in [1.54, 1.807) is 13.8 Å². The van der Waals surface area contributed by atoms with Crippen molar-refractivity contribution < 1.29 is 18.3 Å². The Morgan fingerprint density at radius 3 is 1.70 bits per heavy atom. The molecule has 0 aliphatic carbocycles. The second-order valence-electron chi connectivity index (χ2n) is 5.00. The van der Waals surface area contributed by atoms with Crippen LogP contribution in [0.25, 0.3) is 0 Å². The maximum absolute atomic E-state index is 13.8. The normalized spacial score (nSPS) is 12.6. The van der Waals surface area contributed by atoms with Crippen LogP contribution in [0.2, 0.25) is 0 Å². The summed E-state index contributed by atoms with van der Waals surface area (Å²) in [6, 6.07) is 4.79. The van der Waals surface area contributed by atoms with E-state index in [1.807, 2.05) is 19.1 Å². The Balaban J connectivity index is 2.61. The van der Waals surface area contributed by atoms with E-state index in [0.29, 0.717) is 17.7 Å². The van der Waals surface area contributed by atoms with E-state index < -0.39 is 29.1 Å². The smallest absolute Gasteiger partial charge is 0.135 e.